The number of hydrogen-bond acceptors (Lipinski definition) is 4. The highest BCUT2D eigenvalue weighted by Crippen LogP contribution is 2.13. The van der Waals surface area contributed by atoms with Crippen molar-refractivity contribution in [1.82, 2.24) is 20.7 Å². The van der Waals surface area contributed by atoms with Crippen molar-refractivity contribution in [3.05, 3.63) is 11.9 Å². The maximum absolute atomic E-state index is 10.1. The summed E-state index contributed by atoms with van der Waals surface area (Å²) in [5.41, 5.74) is 0.618. The molecule has 0 saturated carbocycles. The summed E-state index contributed by atoms with van der Waals surface area (Å²) in [4.78, 5) is 10.1. The fraction of sp³-hybridized carbons (Fsp3) is 0.400. The fourth-order valence-corrected chi connectivity index (χ4v) is 0.875. The van der Waals surface area contributed by atoms with E-state index in [0.717, 1.165) is 0 Å². The maximum atomic E-state index is 10.1. The summed E-state index contributed by atoms with van der Waals surface area (Å²) in [6.07, 6.45) is 0.429. The number of carboxylic acid groups (broad SMARTS) is 1. The van der Waals surface area contributed by atoms with Crippen molar-refractivity contribution in [1.29, 1.82) is 0 Å². The molecular formula is C5H8N4O2S. The zero-order valence-electron chi connectivity index (χ0n) is 6.06. The zero-order chi connectivity index (χ0) is 8.97. The largest absolute Gasteiger partial charge is 0.465 e. The summed E-state index contributed by atoms with van der Waals surface area (Å²) < 4.78 is 0. The minimum atomic E-state index is -1.07. The standard InChI is InChI=1S/C5H8N4O2S/c10-5(11)6-2-4(12)3-1-7-9-8-3/h1,4,6,12H,2H2,(H,10,11)(H,7,8,9). The van der Waals surface area contributed by atoms with Crippen LogP contribution in [-0.4, -0.2) is 33.2 Å². The number of rotatable bonds is 3. The number of carbonyl (C=O) groups is 1. The van der Waals surface area contributed by atoms with E-state index in [1.54, 1.807) is 0 Å². The second-order valence-electron chi connectivity index (χ2n) is 2.10. The molecule has 0 aliphatic heterocycles. The van der Waals surface area contributed by atoms with Crippen LogP contribution in [0.2, 0.25) is 0 Å². The van der Waals surface area contributed by atoms with Crippen LogP contribution in [0.5, 0.6) is 0 Å². The Morgan fingerprint density at radius 2 is 2.67 bits per heavy atom. The Kier molecular flexibility index (Phi) is 2.92. The van der Waals surface area contributed by atoms with Crippen LogP contribution in [0.3, 0.4) is 0 Å². The van der Waals surface area contributed by atoms with E-state index in [-0.39, 0.29) is 11.8 Å². The number of H-pyrrole nitrogens is 1. The molecule has 0 aromatic carbocycles. The first-order valence-electron chi connectivity index (χ1n) is 3.20. The van der Waals surface area contributed by atoms with Gasteiger partial charge in [0.1, 0.15) is 0 Å². The van der Waals surface area contributed by atoms with Crippen molar-refractivity contribution in [2.24, 2.45) is 0 Å². The third-order valence-corrected chi connectivity index (χ3v) is 1.67. The Morgan fingerprint density at radius 1 is 1.92 bits per heavy atom. The van der Waals surface area contributed by atoms with Crippen molar-refractivity contribution in [3.63, 3.8) is 0 Å². The van der Waals surface area contributed by atoms with Gasteiger partial charge in [-0.05, 0) is 0 Å². The van der Waals surface area contributed by atoms with Crippen molar-refractivity contribution >= 4 is 18.7 Å². The molecule has 0 radical (unpaired) electrons. The molecule has 3 N–H and O–H groups in total. The number of aromatic amines is 1. The summed E-state index contributed by atoms with van der Waals surface area (Å²) in [5.74, 6) is 0. The summed E-state index contributed by atoms with van der Waals surface area (Å²) in [6.45, 7) is 0.213. The minimum Gasteiger partial charge on any atom is -0.465 e. The van der Waals surface area contributed by atoms with E-state index in [4.69, 9.17) is 5.11 Å². The van der Waals surface area contributed by atoms with E-state index in [0.29, 0.717) is 5.69 Å². The van der Waals surface area contributed by atoms with Gasteiger partial charge in [-0.2, -0.15) is 28.0 Å². The predicted molar refractivity (Wildman–Crippen MR) is 44.1 cm³/mol. The molecule has 0 saturated heterocycles. The summed E-state index contributed by atoms with van der Waals surface area (Å²) in [6, 6.07) is 0. The van der Waals surface area contributed by atoms with E-state index in [2.05, 4.69) is 33.4 Å². The van der Waals surface area contributed by atoms with Gasteiger partial charge in [0.15, 0.2) is 0 Å². The van der Waals surface area contributed by atoms with Crippen LogP contribution in [0.4, 0.5) is 4.79 Å². The van der Waals surface area contributed by atoms with Crippen LogP contribution >= 0.6 is 12.6 Å². The molecule has 1 rings (SSSR count). The second-order valence-corrected chi connectivity index (χ2v) is 2.72. The summed E-state index contributed by atoms with van der Waals surface area (Å²) in [5, 5.41) is 19.9. The summed E-state index contributed by atoms with van der Waals surface area (Å²) >= 11 is 4.11. The van der Waals surface area contributed by atoms with Crippen molar-refractivity contribution in [2.75, 3.05) is 6.54 Å². The lowest BCUT2D eigenvalue weighted by atomic mass is 10.3. The molecule has 1 amide bonds. The first kappa shape index (κ1) is 8.85. The number of hydrogen-bond donors (Lipinski definition) is 4. The van der Waals surface area contributed by atoms with Gasteiger partial charge in [-0.3, -0.25) is 0 Å². The third-order valence-electron chi connectivity index (χ3n) is 1.22. The highest BCUT2D eigenvalue weighted by molar-refractivity contribution is 7.80. The quantitative estimate of drug-likeness (QED) is 0.504. The molecule has 1 aromatic rings. The third kappa shape index (κ3) is 2.42. The van der Waals surface area contributed by atoms with Gasteiger partial charge in [0, 0.05) is 6.54 Å². The number of thiol groups is 1. The van der Waals surface area contributed by atoms with Crippen LogP contribution in [0.1, 0.15) is 10.9 Å². The molecule has 0 aliphatic rings. The van der Waals surface area contributed by atoms with E-state index in [9.17, 15) is 4.79 Å². The van der Waals surface area contributed by atoms with Crippen LogP contribution in [-0.2, 0) is 0 Å². The van der Waals surface area contributed by atoms with E-state index in [1.807, 2.05) is 0 Å². The predicted octanol–water partition coefficient (Wildman–Crippen LogP) is 0.0432. The Balaban J connectivity index is 2.39. The molecule has 1 heterocycles. The second kappa shape index (κ2) is 3.96. The zero-order valence-corrected chi connectivity index (χ0v) is 6.95. The van der Waals surface area contributed by atoms with Crippen LogP contribution < -0.4 is 5.32 Å². The highest BCUT2D eigenvalue weighted by Gasteiger charge is 2.09. The van der Waals surface area contributed by atoms with E-state index >= 15 is 0 Å². The molecule has 6 nitrogen and oxygen atoms in total. The Hall–Kier alpha value is -1.24. The molecule has 1 aromatic heterocycles. The number of nitrogens with one attached hydrogen (secondary N) is 2. The van der Waals surface area contributed by atoms with Gasteiger partial charge in [-0.25, -0.2) is 4.79 Å². The topological polar surface area (TPSA) is 90.9 Å². The van der Waals surface area contributed by atoms with Gasteiger partial charge in [-0.15, -0.1) is 0 Å². The summed E-state index contributed by atoms with van der Waals surface area (Å²) in [7, 11) is 0. The van der Waals surface area contributed by atoms with E-state index in [1.165, 1.54) is 6.20 Å². The molecule has 0 aliphatic carbocycles. The Labute approximate surface area is 73.8 Å². The highest BCUT2D eigenvalue weighted by atomic mass is 32.1. The average molecular weight is 188 g/mol. The first-order chi connectivity index (χ1) is 5.70. The lowest BCUT2D eigenvalue weighted by molar-refractivity contribution is 0.194. The molecular weight excluding hydrogens is 180 g/mol. The lowest BCUT2D eigenvalue weighted by Crippen LogP contribution is -2.24. The normalized spacial score (nSPS) is 12.4. The Bertz CT molecular complexity index is 250. The molecule has 1 unspecified atom stereocenters. The van der Waals surface area contributed by atoms with Gasteiger partial charge in [0.25, 0.3) is 0 Å². The van der Waals surface area contributed by atoms with Crippen LogP contribution in [0.25, 0.3) is 0 Å². The van der Waals surface area contributed by atoms with Crippen molar-refractivity contribution < 1.29 is 9.90 Å². The van der Waals surface area contributed by atoms with Gasteiger partial charge >= 0.3 is 6.09 Å². The molecule has 7 heteroatoms. The van der Waals surface area contributed by atoms with Gasteiger partial charge in [-0.1, -0.05) is 0 Å². The fourth-order valence-electron chi connectivity index (χ4n) is 0.660. The van der Waals surface area contributed by atoms with Gasteiger partial charge in [0.05, 0.1) is 17.1 Å². The molecule has 0 bridgehead atoms. The molecule has 12 heavy (non-hydrogen) atoms. The van der Waals surface area contributed by atoms with Crippen molar-refractivity contribution in [3.8, 4) is 0 Å². The van der Waals surface area contributed by atoms with E-state index < -0.39 is 6.09 Å². The molecule has 0 fully saturated rings. The van der Waals surface area contributed by atoms with Crippen LogP contribution in [0.15, 0.2) is 6.20 Å². The molecule has 0 spiro atoms. The number of aromatic nitrogens is 3. The first-order valence-corrected chi connectivity index (χ1v) is 3.72. The van der Waals surface area contributed by atoms with Crippen LogP contribution in [0, 0.1) is 0 Å². The maximum Gasteiger partial charge on any atom is 0.404 e. The van der Waals surface area contributed by atoms with Crippen molar-refractivity contribution in [2.45, 2.75) is 5.25 Å². The number of nitrogens with zero attached hydrogens (tertiary/aromatic N) is 2. The molecule has 1 atom stereocenters. The smallest absolute Gasteiger partial charge is 0.404 e. The Morgan fingerprint density at radius 3 is 3.17 bits per heavy atom. The van der Waals surface area contributed by atoms with Gasteiger partial charge < -0.3 is 10.4 Å². The SMILES string of the molecule is O=C(O)NCC(S)c1cn[nH]n1. The lowest BCUT2D eigenvalue weighted by Gasteiger charge is -2.05. The molecule has 66 valence electrons. The van der Waals surface area contributed by atoms with Gasteiger partial charge in [0.2, 0.25) is 0 Å². The monoisotopic (exact) mass is 188 g/mol. The minimum absolute atomic E-state index is 0.213. The number of amides is 1. The average Bonchev–Trinajstić information content (AvgIpc) is 2.51.